The van der Waals surface area contributed by atoms with Gasteiger partial charge in [-0.3, -0.25) is 0 Å². The van der Waals surface area contributed by atoms with Crippen LogP contribution < -0.4 is 5.73 Å². The molecular weight excluding hydrogens is 466 g/mol. The predicted octanol–water partition coefficient (Wildman–Crippen LogP) is 4.51. The molecular formula is C21H18BrN5O4. The second kappa shape index (κ2) is 7.62. The summed E-state index contributed by atoms with van der Waals surface area (Å²) in [6.45, 7) is 6.28. The van der Waals surface area contributed by atoms with Crippen LogP contribution in [0.2, 0.25) is 0 Å². The summed E-state index contributed by atoms with van der Waals surface area (Å²) in [6.07, 6.45) is -1.25. The largest absolute Gasteiger partial charge is 0.412 e. The summed E-state index contributed by atoms with van der Waals surface area (Å²) >= 11 is 3.50. The number of fused-ring (bicyclic) bond motifs is 1. The zero-order valence-electron chi connectivity index (χ0n) is 16.9. The van der Waals surface area contributed by atoms with Crippen molar-refractivity contribution in [3.63, 3.8) is 0 Å². The van der Waals surface area contributed by atoms with Gasteiger partial charge in [-0.25, -0.2) is 14.6 Å². The molecule has 0 unspecified atom stereocenters. The Kier molecular flexibility index (Phi) is 5.10. The zero-order chi connectivity index (χ0) is 22.3. The molecule has 0 saturated carbocycles. The number of rotatable bonds is 3. The van der Waals surface area contributed by atoms with Crippen LogP contribution in [0.15, 0.2) is 51.5 Å². The number of imidazole rings is 1. The van der Waals surface area contributed by atoms with Crippen LogP contribution in [-0.4, -0.2) is 31.8 Å². The maximum absolute atomic E-state index is 11.8. The van der Waals surface area contributed by atoms with Crippen LogP contribution in [0.25, 0.3) is 33.8 Å². The molecule has 2 aromatic carbocycles. The molecule has 2 heterocycles. The Morgan fingerprint density at radius 1 is 1.10 bits per heavy atom. The molecule has 0 saturated heterocycles. The Morgan fingerprint density at radius 3 is 2.48 bits per heavy atom. The molecule has 0 atom stereocenters. The number of hydrogen-bond donors (Lipinski definition) is 1. The van der Waals surface area contributed by atoms with Crippen LogP contribution in [0, 0.1) is 0 Å². The second-order valence-corrected chi connectivity index (χ2v) is 8.67. The minimum Gasteiger partial charge on any atom is -0.369 e. The first-order valence-electron chi connectivity index (χ1n) is 9.29. The summed E-state index contributed by atoms with van der Waals surface area (Å²) in [6, 6.07) is 13.3. The third-order valence-corrected chi connectivity index (χ3v) is 4.98. The fourth-order valence-corrected chi connectivity index (χ4v) is 3.69. The molecule has 0 aliphatic carbocycles. The van der Waals surface area contributed by atoms with Gasteiger partial charge in [0, 0.05) is 21.1 Å². The molecule has 4 rings (SSSR count). The smallest absolute Gasteiger partial charge is 0.369 e. The lowest BCUT2D eigenvalue weighted by molar-refractivity contribution is 0.0586. The van der Waals surface area contributed by atoms with Gasteiger partial charge in [-0.1, -0.05) is 45.4 Å². The van der Waals surface area contributed by atoms with Crippen molar-refractivity contribution in [1.29, 1.82) is 0 Å². The number of primary amides is 1. The molecule has 10 heteroatoms. The van der Waals surface area contributed by atoms with Crippen LogP contribution in [0.5, 0.6) is 0 Å². The highest BCUT2D eigenvalue weighted by Gasteiger charge is 2.26. The van der Waals surface area contributed by atoms with Crippen LogP contribution in [0.1, 0.15) is 31.5 Å². The van der Waals surface area contributed by atoms with Gasteiger partial charge in [-0.05, 0) is 39.0 Å². The van der Waals surface area contributed by atoms with Crippen molar-refractivity contribution in [2.75, 3.05) is 0 Å². The quantitative estimate of drug-likeness (QED) is 0.335. The van der Waals surface area contributed by atoms with E-state index < -0.39 is 18.0 Å². The van der Waals surface area contributed by atoms with E-state index >= 15 is 0 Å². The number of esters is 1. The third-order valence-electron chi connectivity index (χ3n) is 4.49. The summed E-state index contributed by atoms with van der Waals surface area (Å²) in [7, 11) is 0. The third kappa shape index (κ3) is 3.93. The summed E-state index contributed by atoms with van der Waals surface area (Å²) in [4.78, 5) is 31.6. The topological polar surface area (TPSA) is 126 Å². The van der Waals surface area contributed by atoms with Crippen molar-refractivity contribution in [2.45, 2.75) is 26.3 Å². The summed E-state index contributed by atoms with van der Waals surface area (Å²) in [5.74, 6) is -0.727. The van der Waals surface area contributed by atoms with Crippen molar-refractivity contribution in [2.24, 2.45) is 5.73 Å². The number of nitrogens with two attached hydrogens (primary N) is 1. The van der Waals surface area contributed by atoms with Crippen LogP contribution in [-0.2, 0) is 10.3 Å². The highest BCUT2D eigenvalue weighted by Crippen LogP contribution is 2.36. The van der Waals surface area contributed by atoms with Gasteiger partial charge in [0.15, 0.2) is 0 Å². The van der Waals surface area contributed by atoms with Crippen LogP contribution in [0.3, 0.4) is 0 Å². The fraction of sp³-hybridized carbons (Fsp3) is 0.190. The number of hydrogen-bond acceptors (Lipinski definition) is 7. The Morgan fingerprint density at radius 2 is 1.81 bits per heavy atom. The van der Waals surface area contributed by atoms with E-state index in [1.165, 1.54) is 0 Å². The first-order valence-corrected chi connectivity index (χ1v) is 10.1. The Hall–Kier alpha value is -3.53. The van der Waals surface area contributed by atoms with Gasteiger partial charge < -0.3 is 19.6 Å². The van der Waals surface area contributed by atoms with Crippen molar-refractivity contribution in [3.8, 4) is 22.8 Å². The number of ether oxygens (including phenoxy) is 1. The molecule has 1 amide bonds. The van der Waals surface area contributed by atoms with E-state index in [-0.39, 0.29) is 11.4 Å². The number of carbonyl (C=O) groups is 2. The van der Waals surface area contributed by atoms with E-state index in [9.17, 15) is 9.59 Å². The lowest BCUT2D eigenvalue weighted by Crippen LogP contribution is -2.22. The van der Waals surface area contributed by atoms with Gasteiger partial charge in [-0.2, -0.15) is 4.98 Å². The standard InChI is InChI=1S/C21H18BrN5O4/c1-21(2,3)27-15-9-8-11(22)10-14(15)24-17(27)13-7-5-4-6-12(13)16-25-18(31-26-16)19(28)30-20(23)29/h4-10H,1-3H3,(H2,23,29). The van der Waals surface area contributed by atoms with Gasteiger partial charge in [-0.15, -0.1) is 0 Å². The molecule has 4 aromatic rings. The number of benzene rings is 2. The van der Waals surface area contributed by atoms with Crippen molar-refractivity contribution in [3.05, 3.63) is 52.8 Å². The highest BCUT2D eigenvalue weighted by molar-refractivity contribution is 9.10. The summed E-state index contributed by atoms with van der Waals surface area (Å²) in [5, 5.41) is 3.88. The fourth-order valence-electron chi connectivity index (χ4n) is 3.34. The number of aromatic nitrogens is 4. The molecule has 0 spiro atoms. The second-order valence-electron chi connectivity index (χ2n) is 7.75. The molecule has 0 aliphatic heterocycles. The molecule has 0 bridgehead atoms. The van der Waals surface area contributed by atoms with E-state index in [1.807, 2.05) is 36.4 Å². The van der Waals surface area contributed by atoms with Crippen LogP contribution in [0.4, 0.5) is 4.79 Å². The van der Waals surface area contributed by atoms with E-state index in [1.54, 1.807) is 6.07 Å². The molecule has 2 N–H and O–H groups in total. The Labute approximate surface area is 185 Å². The maximum atomic E-state index is 11.8. The number of amides is 1. The molecule has 158 valence electrons. The van der Waals surface area contributed by atoms with Crippen molar-refractivity contribution < 1.29 is 18.8 Å². The van der Waals surface area contributed by atoms with Gasteiger partial charge >= 0.3 is 18.0 Å². The van der Waals surface area contributed by atoms with Crippen molar-refractivity contribution >= 4 is 39.0 Å². The molecule has 9 nitrogen and oxygen atoms in total. The molecule has 31 heavy (non-hydrogen) atoms. The molecule has 0 fully saturated rings. The summed E-state index contributed by atoms with van der Waals surface area (Å²) < 4.78 is 12.3. The van der Waals surface area contributed by atoms with Crippen LogP contribution >= 0.6 is 15.9 Å². The molecule has 2 aromatic heterocycles. The van der Waals surface area contributed by atoms with Gasteiger partial charge in [0.2, 0.25) is 5.82 Å². The monoisotopic (exact) mass is 483 g/mol. The first kappa shape index (κ1) is 20.7. The highest BCUT2D eigenvalue weighted by atomic mass is 79.9. The predicted molar refractivity (Wildman–Crippen MR) is 116 cm³/mol. The van der Waals surface area contributed by atoms with Gasteiger partial charge in [0.1, 0.15) is 5.82 Å². The van der Waals surface area contributed by atoms with Gasteiger partial charge in [0.25, 0.3) is 0 Å². The molecule has 0 radical (unpaired) electrons. The lowest BCUT2D eigenvalue weighted by Gasteiger charge is -2.25. The normalized spacial score (nSPS) is 11.6. The average Bonchev–Trinajstić information content (AvgIpc) is 3.31. The lowest BCUT2D eigenvalue weighted by atomic mass is 10.0. The minimum absolute atomic E-state index is 0.153. The van der Waals surface area contributed by atoms with E-state index in [0.717, 1.165) is 21.1 Å². The van der Waals surface area contributed by atoms with Crippen molar-refractivity contribution in [1.82, 2.24) is 19.7 Å². The van der Waals surface area contributed by atoms with E-state index in [2.05, 4.69) is 56.1 Å². The first-order chi connectivity index (χ1) is 14.6. The average molecular weight is 484 g/mol. The van der Waals surface area contributed by atoms with E-state index in [4.69, 9.17) is 15.2 Å². The summed E-state index contributed by atoms with van der Waals surface area (Å²) in [5.41, 5.74) is 7.74. The van der Waals surface area contributed by atoms with Gasteiger partial charge in [0.05, 0.1) is 11.0 Å². The Balaban J connectivity index is 1.89. The zero-order valence-corrected chi connectivity index (χ0v) is 18.5. The number of halogens is 1. The minimum atomic E-state index is -1.25. The Bertz CT molecular complexity index is 1320. The number of carbonyl (C=O) groups excluding carboxylic acids is 2. The van der Waals surface area contributed by atoms with E-state index in [0.29, 0.717) is 11.4 Å². The SMILES string of the molecule is CC(C)(C)n1c(-c2ccccc2-c2noc(C(=O)OC(N)=O)n2)nc2cc(Br)ccc21. The maximum Gasteiger partial charge on any atom is 0.412 e. The molecule has 0 aliphatic rings. The number of nitrogens with zero attached hydrogens (tertiary/aromatic N) is 4.